The van der Waals surface area contributed by atoms with Crippen molar-refractivity contribution in [2.24, 2.45) is 0 Å². The SMILES string of the molecule is CCN(CC)Cc1cccc(CNCc2cn[nH]c2-c2ccc(C)o2)c1. The Morgan fingerprint density at radius 2 is 1.88 bits per heavy atom. The number of hydrogen-bond acceptors (Lipinski definition) is 4. The summed E-state index contributed by atoms with van der Waals surface area (Å²) in [5, 5.41) is 10.7. The Hall–Kier alpha value is -2.37. The van der Waals surface area contributed by atoms with Crippen LogP contribution in [0.5, 0.6) is 0 Å². The van der Waals surface area contributed by atoms with Gasteiger partial charge < -0.3 is 9.73 Å². The molecule has 138 valence electrons. The average Bonchev–Trinajstić information content (AvgIpc) is 3.28. The Labute approximate surface area is 155 Å². The highest BCUT2D eigenvalue weighted by atomic mass is 16.3. The first kappa shape index (κ1) is 18.4. The number of aromatic nitrogens is 2. The fraction of sp³-hybridized carbons (Fsp3) is 0.381. The second-order valence-electron chi connectivity index (χ2n) is 6.57. The standard InChI is InChI=1S/C21H28N4O/c1-4-25(5-2)15-18-8-6-7-17(11-18)12-22-13-19-14-23-24-21(19)20-10-9-16(3)26-20/h6-11,14,22H,4-5,12-13,15H2,1-3H3,(H,23,24). The third kappa shape index (κ3) is 4.62. The van der Waals surface area contributed by atoms with Crippen LogP contribution in [0.4, 0.5) is 0 Å². The zero-order valence-corrected chi connectivity index (χ0v) is 15.9. The lowest BCUT2D eigenvalue weighted by molar-refractivity contribution is 0.296. The molecule has 0 amide bonds. The van der Waals surface area contributed by atoms with Gasteiger partial charge in [-0.1, -0.05) is 38.1 Å². The minimum absolute atomic E-state index is 0.742. The van der Waals surface area contributed by atoms with Crippen molar-refractivity contribution in [3.05, 3.63) is 65.0 Å². The molecule has 0 radical (unpaired) electrons. The molecule has 0 spiro atoms. The number of hydrogen-bond donors (Lipinski definition) is 2. The van der Waals surface area contributed by atoms with E-state index in [2.05, 4.69) is 58.5 Å². The number of aryl methyl sites for hydroxylation is 1. The van der Waals surface area contributed by atoms with Crippen LogP contribution in [0.3, 0.4) is 0 Å². The van der Waals surface area contributed by atoms with E-state index in [9.17, 15) is 0 Å². The van der Waals surface area contributed by atoms with Crippen LogP contribution >= 0.6 is 0 Å². The highest BCUT2D eigenvalue weighted by Crippen LogP contribution is 2.23. The minimum Gasteiger partial charge on any atom is -0.460 e. The van der Waals surface area contributed by atoms with Gasteiger partial charge in [-0.15, -0.1) is 0 Å². The smallest absolute Gasteiger partial charge is 0.152 e. The average molecular weight is 352 g/mol. The number of furan rings is 1. The molecule has 0 fully saturated rings. The monoisotopic (exact) mass is 352 g/mol. The lowest BCUT2D eigenvalue weighted by Crippen LogP contribution is -2.22. The first-order valence-electron chi connectivity index (χ1n) is 9.29. The number of aromatic amines is 1. The van der Waals surface area contributed by atoms with Crippen molar-refractivity contribution in [2.75, 3.05) is 13.1 Å². The number of nitrogens with one attached hydrogen (secondary N) is 2. The summed E-state index contributed by atoms with van der Waals surface area (Å²) in [6.07, 6.45) is 1.86. The summed E-state index contributed by atoms with van der Waals surface area (Å²) in [7, 11) is 0. The van der Waals surface area contributed by atoms with E-state index in [1.54, 1.807) is 0 Å². The molecule has 0 bridgehead atoms. The molecular formula is C21H28N4O. The molecule has 0 saturated heterocycles. The van der Waals surface area contributed by atoms with Crippen LogP contribution in [-0.2, 0) is 19.6 Å². The third-order valence-corrected chi connectivity index (χ3v) is 4.64. The van der Waals surface area contributed by atoms with Crippen molar-refractivity contribution < 1.29 is 4.42 Å². The second kappa shape index (κ2) is 8.83. The molecule has 0 atom stereocenters. The predicted octanol–water partition coefficient (Wildman–Crippen LogP) is 4.11. The minimum atomic E-state index is 0.742. The summed E-state index contributed by atoms with van der Waals surface area (Å²) in [6.45, 7) is 11.1. The molecule has 2 aromatic heterocycles. The van der Waals surface area contributed by atoms with Crippen molar-refractivity contribution in [1.82, 2.24) is 20.4 Å². The van der Waals surface area contributed by atoms with Crippen LogP contribution in [0.2, 0.25) is 0 Å². The number of nitrogens with zero attached hydrogens (tertiary/aromatic N) is 2. The maximum Gasteiger partial charge on any atom is 0.152 e. The van der Waals surface area contributed by atoms with Crippen LogP contribution in [0.1, 0.15) is 36.3 Å². The van der Waals surface area contributed by atoms with Gasteiger partial charge >= 0.3 is 0 Å². The summed E-state index contributed by atoms with van der Waals surface area (Å²) >= 11 is 0. The molecule has 0 saturated carbocycles. The summed E-state index contributed by atoms with van der Waals surface area (Å²) < 4.78 is 5.70. The summed E-state index contributed by atoms with van der Waals surface area (Å²) in [5.41, 5.74) is 4.72. The van der Waals surface area contributed by atoms with Crippen molar-refractivity contribution in [1.29, 1.82) is 0 Å². The van der Waals surface area contributed by atoms with E-state index >= 15 is 0 Å². The van der Waals surface area contributed by atoms with E-state index in [-0.39, 0.29) is 0 Å². The van der Waals surface area contributed by atoms with Gasteiger partial charge in [0.05, 0.1) is 6.20 Å². The van der Waals surface area contributed by atoms with Crippen molar-refractivity contribution in [3.8, 4) is 11.5 Å². The van der Waals surface area contributed by atoms with Gasteiger partial charge in [-0.25, -0.2) is 0 Å². The fourth-order valence-electron chi connectivity index (χ4n) is 3.11. The Kier molecular flexibility index (Phi) is 6.26. The van der Waals surface area contributed by atoms with Gasteiger partial charge in [-0.05, 0) is 43.3 Å². The fourth-order valence-corrected chi connectivity index (χ4v) is 3.11. The lowest BCUT2D eigenvalue weighted by Gasteiger charge is -2.18. The lowest BCUT2D eigenvalue weighted by atomic mass is 10.1. The first-order chi connectivity index (χ1) is 12.7. The largest absolute Gasteiger partial charge is 0.460 e. The van der Waals surface area contributed by atoms with Gasteiger partial charge in [0.2, 0.25) is 0 Å². The van der Waals surface area contributed by atoms with E-state index in [1.807, 2.05) is 25.3 Å². The van der Waals surface area contributed by atoms with Crippen molar-refractivity contribution in [3.63, 3.8) is 0 Å². The molecule has 0 unspecified atom stereocenters. The molecule has 5 heteroatoms. The molecule has 3 rings (SSSR count). The molecule has 26 heavy (non-hydrogen) atoms. The summed E-state index contributed by atoms with van der Waals surface area (Å²) in [6, 6.07) is 12.8. The second-order valence-corrected chi connectivity index (χ2v) is 6.57. The van der Waals surface area contributed by atoms with Crippen LogP contribution in [-0.4, -0.2) is 28.2 Å². The number of rotatable bonds is 9. The maximum absolute atomic E-state index is 5.70. The van der Waals surface area contributed by atoms with Gasteiger partial charge in [0.25, 0.3) is 0 Å². The molecule has 0 aliphatic heterocycles. The van der Waals surface area contributed by atoms with Crippen molar-refractivity contribution in [2.45, 2.75) is 40.4 Å². The highest BCUT2D eigenvalue weighted by Gasteiger charge is 2.11. The normalized spacial score (nSPS) is 11.4. The Bertz CT molecular complexity index is 817. The van der Waals surface area contributed by atoms with E-state index in [1.165, 1.54) is 11.1 Å². The zero-order valence-electron chi connectivity index (χ0n) is 15.9. The zero-order chi connectivity index (χ0) is 18.4. The molecule has 3 aromatic rings. The number of benzene rings is 1. The Morgan fingerprint density at radius 3 is 2.62 bits per heavy atom. The molecule has 2 heterocycles. The van der Waals surface area contributed by atoms with Gasteiger partial charge in [-0.3, -0.25) is 10.00 Å². The Balaban J connectivity index is 1.58. The third-order valence-electron chi connectivity index (χ3n) is 4.64. The predicted molar refractivity (Wildman–Crippen MR) is 105 cm³/mol. The summed E-state index contributed by atoms with van der Waals surface area (Å²) in [5.74, 6) is 1.73. The molecule has 1 aromatic carbocycles. The van der Waals surface area contributed by atoms with Crippen LogP contribution < -0.4 is 5.32 Å². The molecule has 2 N–H and O–H groups in total. The summed E-state index contributed by atoms with van der Waals surface area (Å²) in [4.78, 5) is 2.43. The van der Waals surface area contributed by atoms with E-state index < -0.39 is 0 Å². The van der Waals surface area contributed by atoms with E-state index in [4.69, 9.17) is 4.42 Å². The highest BCUT2D eigenvalue weighted by molar-refractivity contribution is 5.56. The van der Waals surface area contributed by atoms with Crippen LogP contribution in [0, 0.1) is 6.92 Å². The molecule has 5 nitrogen and oxygen atoms in total. The molecule has 0 aliphatic rings. The van der Waals surface area contributed by atoms with Crippen LogP contribution in [0.25, 0.3) is 11.5 Å². The quantitative estimate of drug-likeness (QED) is 0.608. The van der Waals surface area contributed by atoms with E-state index in [0.29, 0.717) is 0 Å². The van der Waals surface area contributed by atoms with Crippen LogP contribution in [0.15, 0.2) is 47.0 Å². The van der Waals surface area contributed by atoms with Gasteiger partial charge in [0.15, 0.2) is 5.76 Å². The maximum atomic E-state index is 5.70. The molecule has 0 aliphatic carbocycles. The van der Waals surface area contributed by atoms with Gasteiger partial charge in [-0.2, -0.15) is 5.10 Å². The molecular weight excluding hydrogens is 324 g/mol. The van der Waals surface area contributed by atoms with E-state index in [0.717, 1.165) is 55.5 Å². The first-order valence-corrected chi connectivity index (χ1v) is 9.29. The Morgan fingerprint density at radius 1 is 1.08 bits per heavy atom. The van der Waals surface area contributed by atoms with Gasteiger partial charge in [0.1, 0.15) is 11.5 Å². The topological polar surface area (TPSA) is 57.1 Å². The van der Waals surface area contributed by atoms with Crippen molar-refractivity contribution >= 4 is 0 Å². The number of H-pyrrole nitrogens is 1. The van der Waals surface area contributed by atoms with Gasteiger partial charge in [0, 0.05) is 25.2 Å².